The van der Waals surface area contributed by atoms with E-state index >= 15 is 0 Å². The lowest BCUT2D eigenvalue weighted by Crippen LogP contribution is -1.99. The summed E-state index contributed by atoms with van der Waals surface area (Å²) in [6.07, 6.45) is 7.71. The van der Waals surface area contributed by atoms with Crippen LogP contribution in [0, 0.1) is 0 Å². The van der Waals surface area contributed by atoms with E-state index in [0.717, 1.165) is 28.3 Å². The van der Waals surface area contributed by atoms with E-state index in [1.165, 1.54) is 70.9 Å². The number of benzene rings is 9. The van der Waals surface area contributed by atoms with Crippen LogP contribution in [0.15, 0.2) is 207 Å². The standard InChI is InChI=1S/C53H36N2/c1-2-3-17-46-35-54-53(55(46)45-18-5-4-6-19-45)39-26-22-38(23-27-39)42-30-31-49-50(34-42)52(44-29-25-37-14-8-10-16-41(37)33-44)48-21-12-11-20-47(48)51(49)43-28-24-36-13-7-9-15-40(36)32-43/h2-35H,1H2/b17-3-. The molecular formula is C53H36N2. The monoisotopic (exact) mass is 700 g/mol. The molecule has 0 fully saturated rings. The van der Waals surface area contributed by atoms with Crippen LogP contribution in [0.2, 0.25) is 0 Å². The zero-order valence-electron chi connectivity index (χ0n) is 30.2. The van der Waals surface area contributed by atoms with Crippen LogP contribution in [0.1, 0.15) is 5.69 Å². The van der Waals surface area contributed by atoms with Gasteiger partial charge in [-0.1, -0.05) is 170 Å². The molecule has 0 amide bonds. The maximum atomic E-state index is 4.89. The van der Waals surface area contributed by atoms with Gasteiger partial charge in [0, 0.05) is 11.3 Å². The van der Waals surface area contributed by atoms with Crippen molar-refractivity contribution in [1.82, 2.24) is 9.55 Å². The highest BCUT2D eigenvalue weighted by molar-refractivity contribution is 6.22. The molecule has 2 heteroatoms. The largest absolute Gasteiger partial charge is 0.293 e. The summed E-state index contributed by atoms with van der Waals surface area (Å²) in [4.78, 5) is 4.89. The van der Waals surface area contributed by atoms with Crippen molar-refractivity contribution in [3.63, 3.8) is 0 Å². The smallest absolute Gasteiger partial charge is 0.144 e. The van der Waals surface area contributed by atoms with Crippen LogP contribution < -0.4 is 0 Å². The second kappa shape index (κ2) is 13.6. The van der Waals surface area contributed by atoms with Crippen LogP contribution in [0.25, 0.3) is 99.6 Å². The molecule has 0 N–H and O–H groups in total. The van der Waals surface area contributed by atoms with Crippen molar-refractivity contribution in [3.05, 3.63) is 213 Å². The number of allylic oxidation sites excluding steroid dienone is 2. The Labute approximate surface area is 320 Å². The Morgan fingerprint density at radius 2 is 0.927 bits per heavy atom. The number of imidazole rings is 1. The van der Waals surface area contributed by atoms with Crippen molar-refractivity contribution >= 4 is 49.2 Å². The third-order valence-electron chi connectivity index (χ3n) is 10.8. The van der Waals surface area contributed by atoms with Crippen LogP contribution in [0.4, 0.5) is 0 Å². The molecule has 9 aromatic carbocycles. The highest BCUT2D eigenvalue weighted by Gasteiger charge is 2.19. The molecule has 0 spiro atoms. The SMILES string of the molecule is C=C/C=C\c1cnc(-c2ccc(-c3ccc4c(-c5ccc6ccccc6c5)c5ccccc5c(-c5ccc6ccccc6c5)c4c3)cc2)n1-c1ccccc1. The first kappa shape index (κ1) is 32.4. The van der Waals surface area contributed by atoms with Crippen LogP contribution in [0.5, 0.6) is 0 Å². The predicted octanol–water partition coefficient (Wildman–Crippen LogP) is 14.4. The van der Waals surface area contributed by atoms with E-state index in [2.05, 4.69) is 187 Å². The second-order valence-electron chi connectivity index (χ2n) is 14.0. The fourth-order valence-corrected chi connectivity index (χ4v) is 8.18. The summed E-state index contributed by atoms with van der Waals surface area (Å²) in [7, 11) is 0. The highest BCUT2D eigenvalue weighted by atomic mass is 15.1. The average molecular weight is 701 g/mol. The van der Waals surface area contributed by atoms with Gasteiger partial charge in [0.2, 0.25) is 0 Å². The molecular weight excluding hydrogens is 665 g/mol. The summed E-state index contributed by atoms with van der Waals surface area (Å²) in [5, 5.41) is 9.93. The van der Waals surface area contributed by atoms with Gasteiger partial charge < -0.3 is 0 Å². The molecule has 0 bridgehead atoms. The van der Waals surface area contributed by atoms with E-state index in [-0.39, 0.29) is 0 Å². The summed E-state index contributed by atoms with van der Waals surface area (Å²) in [5.74, 6) is 0.894. The van der Waals surface area contributed by atoms with E-state index in [1.807, 2.05) is 24.4 Å². The van der Waals surface area contributed by atoms with Crippen LogP contribution in [0.3, 0.4) is 0 Å². The lowest BCUT2D eigenvalue weighted by molar-refractivity contribution is 1.05. The van der Waals surface area contributed by atoms with Crippen LogP contribution in [-0.2, 0) is 0 Å². The molecule has 0 atom stereocenters. The average Bonchev–Trinajstić information content (AvgIpc) is 3.68. The summed E-state index contributed by atoms with van der Waals surface area (Å²) >= 11 is 0. The minimum absolute atomic E-state index is 0.894. The van der Waals surface area contributed by atoms with Crippen LogP contribution >= 0.6 is 0 Å². The van der Waals surface area contributed by atoms with Gasteiger partial charge in [0.1, 0.15) is 5.82 Å². The first-order valence-corrected chi connectivity index (χ1v) is 18.7. The van der Waals surface area contributed by atoms with Gasteiger partial charge in [0.15, 0.2) is 0 Å². The van der Waals surface area contributed by atoms with E-state index in [9.17, 15) is 0 Å². The quantitative estimate of drug-likeness (QED) is 0.120. The molecule has 10 aromatic rings. The third kappa shape index (κ3) is 5.72. The number of para-hydroxylation sites is 1. The summed E-state index contributed by atoms with van der Waals surface area (Å²) in [6, 6.07) is 66.1. The number of fused-ring (bicyclic) bond motifs is 4. The Morgan fingerprint density at radius 3 is 1.56 bits per heavy atom. The molecule has 2 nitrogen and oxygen atoms in total. The number of rotatable bonds is 7. The van der Waals surface area contributed by atoms with Crippen molar-refractivity contribution in [1.29, 1.82) is 0 Å². The molecule has 10 rings (SSSR count). The Morgan fingerprint density at radius 1 is 0.418 bits per heavy atom. The first-order chi connectivity index (χ1) is 27.2. The molecule has 0 aliphatic heterocycles. The van der Waals surface area contributed by atoms with Crippen molar-refractivity contribution < 1.29 is 0 Å². The number of hydrogen-bond acceptors (Lipinski definition) is 1. The maximum Gasteiger partial charge on any atom is 0.144 e. The molecule has 0 unspecified atom stereocenters. The number of hydrogen-bond donors (Lipinski definition) is 0. The van der Waals surface area contributed by atoms with Crippen molar-refractivity contribution in [2.24, 2.45) is 0 Å². The maximum absolute atomic E-state index is 4.89. The first-order valence-electron chi connectivity index (χ1n) is 18.7. The van der Waals surface area contributed by atoms with E-state index in [4.69, 9.17) is 4.98 Å². The molecule has 0 radical (unpaired) electrons. The third-order valence-corrected chi connectivity index (χ3v) is 10.8. The van der Waals surface area contributed by atoms with Gasteiger partial charge in [-0.05, 0) is 113 Å². The van der Waals surface area contributed by atoms with E-state index in [0.29, 0.717) is 0 Å². The lowest BCUT2D eigenvalue weighted by Gasteiger charge is -2.19. The van der Waals surface area contributed by atoms with Gasteiger partial charge in [0.25, 0.3) is 0 Å². The Kier molecular flexibility index (Phi) is 8.00. The molecule has 1 aromatic heterocycles. The zero-order valence-corrected chi connectivity index (χ0v) is 30.2. The molecule has 0 aliphatic carbocycles. The minimum atomic E-state index is 0.894. The fourth-order valence-electron chi connectivity index (χ4n) is 8.18. The van der Waals surface area contributed by atoms with Crippen LogP contribution in [-0.4, -0.2) is 9.55 Å². The normalized spacial score (nSPS) is 11.6. The van der Waals surface area contributed by atoms with E-state index in [1.54, 1.807) is 6.08 Å². The second-order valence-corrected chi connectivity index (χ2v) is 14.0. The number of nitrogens with zero attached hydrogens (tertiary/aromatic N) is 2. The van der Waals surface area contributed by atoms with Gasteiger partial charge in [-0.25, -0.2) is 4.98 Å². The summed E-state index contributed by atoms with van der Waals surface area (Å²) in [6.45, 7) is 3.86. The Bertz CT molecular complexity index is 3090. The van der Waals surface area contributed by atoms with Gasteiger partial charge in [-0.15, -0.1) is 0 Å². The fraction of sp³-hybridized carbons (Fsp3) is 0. The molecule has 0 saturated carbocycles. The highest BCUT2D eigenvalue weighted by Crippen LogP contribution is 2.46. The molecule has 0 aliphatic rings. The molecule has 55 heavy (non-hydrogen) atoms. The van der Waals surface area contributed by atoms with Crippen molar-refractivity contribution in [2.75, 3.05) is 0 Å². The van der Waals surface area contributed by atoms with Gasteiger partial charge in [-0.2, -0.15) is 0 Å². The van der Waals surface area contributed by atoms with Gasteiger partial charge in [-0.3, -0.25) is 4.57 Å². The topological polar surface area (TPSA) is 17.8 Å². The number of aromatic nitrogens is 2. The Hall–Kier alpha value is -7.29. The molecule has 258 valence electrons. The minimum Gasteiger partial charge on any atom is -0.293 e. The van der Waals surface area contributed by atoms with Gasteiger partial charge >= 0.3 is 0 Å². The summed E-state index contributed by atoms with van der Waals surface area (Å²) < 4.78 is 2.19. The molecule has 1 heterocycles. The predicted molar refractivity (Wildman–Crippen MR) is 235 cm³/mol. The van der Waals surface area contributed by atoms with Crippen molar-refractivity contribution in [2.45, 2.75) is 0 Å². The van der Waals surface area contributed by atoms with Gasteiger partial charge in [0.05, 0.1) is 11.9 Å². The lowest BCUT2D eigenvalue weighted by atomic mass is 9.84. The summed E-state index contributed by atoms with van der Waals surface area (Å²) in [5.41, 5.74) is 10.4. The Balaban J connectivity index is 1.17. The van der Waals surface area contributed by atoms with Crippen molar-refractivity contribution in [3.8, 4) is 50.5 Å². The molecule has 0 saturated heterocycles. The zero-order chi connectivity index (χ0) is 36.7. The van der Waals surface area contributed by atoms with E-state index < -0.39 is 0 Å².